The van der Waals surface area contributed by atoms with Gasteiger partial charge >= 0.3 is 0 Å². The Labute approximate surface area is 88.1 Å². The fourth-order valence-electron chi connectivity index (χ4n) is 0.956. The van der Waals surface area contributed by atoms with Crippen molar-refractivity contribution >= 4 is 11.8 Å². The molecule has 0 aromatic heterocycles. The zero-order valence-electron chi connectivity index (χ0n) is 9.81. The summed E-state index contributed by atoms with van der Waals surface area (Å²) in [5.74, 6) is 2.02. The maximum absolute atomic E-state index is 3.53. The van der Waals surface area contributed by atoms with Gasteiger partial charge in [0.2, 0.25) is 0 Å². The summed E-state index contributed by atoms with van der Waals surface area (Å²) >= 11 is 1.93. The highest BCUT2D eigenvalue weighted by atomic mass is 32.2. The Morgan fingerprint density at radius 3 is 2.38 bits per heavy atom. The largest absolute Gasteiger partial charge is 0.316 e. The predicted molar refractivity (Wildman–Crippen MR) is 64.5 cm³/mol. The summed E-state index contributed by atoms with van der Waals surface area (Å²) in [6.45, 7) is 11.6. The molecule has 13 heavy (non-hydrogen) atoms. The SMILES string of the molecule is CSCCCNCC(C)(C)C(C)C. The van der Waals surface area contributed by atoms with Crippen LogP contribution in [0.25, 0.3) is 0 Å². The van der Waals surface area contributed by atoms with E-state index in [1.54, 1.807) is 0 Å². The summed E-state index contributed by atoms with van der Waals surface area (Å²) in [6.07, 6.45) is 3.45. The highest BCUT2D eigenvalue weighted by Gasteiger charge is 2.21. The Balaban J connectivity index is 3.41. The fourth-order valence-corrected chi connectivity index (χ4v) is 1.39. The number of hydrogen-bond donors (Lipinski definition) is 1. The van der Waals surface area contributed by atoms with Crippen molar-refractivity contribution in [3.8, 4) is 0 Å². The van der Waals surface area contributed by atoms with Crippen molar-refractivity contribution in [2.75, 3.05) is 25.1 Å². The third-order valence-corrected chi connectivity index (χ3v) is 3.54. The monoisotopic (exact) mass is 203 g/mol. The second-order valence-electron chi connectivity index (χ2n) is 4.67. The summed E-state index contributed by atoms with van der Waals surface area (Å²) in [7, 11) is 0. The summed E-state index contributed by atoms with van der Waals surface area (Å²) in [5.41, 5.74) is 0.430. The second-order valence-corrected chi connectivity index (χ2v) is 5.65. The van der Waals surface area contributed by atoms with Gasteiger partial charge in [-0.2, -0.15) is 11.8 Å². The van der Waals surface area contributed by atoms with Crippen LogP contribution in [0, 0.1) is 11.3 Å². The Kier molecular flexibility index (Phi) is 6.88. The molecule has 0 saturated carbocycles. The molecule has 2 heteroatoms. The normalized spacial score (nSPS) is 12.5. The molecular weight excluding hydrogens is 178 g/mol. The molecule has 0 aliphatic carbocycles. The first kappa shape index (κ1) is 13.3. The number of thioether (sulfide) groups is 1. The topological polar surface area (TPSA) is 12.0 Å². The van der Waals surface area contributed by atoms with E-state index >= 15 is 0 Å². The zero-order valence-corrected chi connectivity index (χ0v) is 10.6. The van der Waals surface area contributed by atoms with Gasteiger partial charge in [0.1, 0.15) is 0 Å². The van der Waals surface area contributed by atoms with Crippen molar-refractivity contribution in [3.63, 3.8) is 0 Å². The molecule has 0 heterocycles. The summed E-state index contributed by atoms with van der Waals surface area (Å²) < 4.78 is 0. The molecule has 0 aliphatic rings. The second kappa shape index (κ2) is 6.72. The Morgan fingerprint density at radius 1 is 1.31 bits per heavy atom. The van der Waals surface area contributed by atoms with E-state index in [4.69, 9.17) is 0 Å². The maximum Gasteiger partial charge on any atom is 0.000497 e. The van der Waals surface area contributed by atoms with Crippen molar-refractivity contribution in [1.82, 2.24) is 5.32 Å². The Bertz CT molecular complexity index is 121. The minimum atomic E-state index is 0.430. The van der Waals surface area contributed by atoms with Crippen molar-refractivity contribution in [2.24, 2.45) is 11.3 Å². The lowest BCUT2D eigenvalue weighted by molar-refractivity contribution is 0.239. The first-order valence-electron chi connectivity index (χ1n) is 5.20. The third kappa shape index (κ3) is 6.39. The molecule has 0 atom stereocenters. The number of hydrogen-bond acceptors (Lipinski definition) is 2. The van der Waals surface area contributed by atoms with Crippen molar-refractivity contribution < 1.29 is 0 Å². The average Bonchev–Trinajstić information content (AvgIpc) is 2.03. The molecule has 0 amide bonds. The minimum absolute atomic E-state index is 0.430. The molecule has 0 fully saturated rings. The molecule has 0 rings (SSSR count). The molecule has 0 radical (unpaired) electrons. The molecule has 80 valence electrons. The molecule has 0 spiro atoms. The van der Waals surface area contributed by atoms with E-state index in [0.29, 0.717) is 5.41 Å². The maximum atomic E-state index is 3.53. The van der Waals surface area contributed by atoms with E-state index in [1.807, 2.05) is 11.8 Å². The van der Waals surface area contributed by atoms with Gasteiger partial charge in [0.05, 0.1) is 0 Å². The first-order valence-corrected chi connectivity index (χ1v) is 6.59. The number of nitrogens with one attached hydrogen (secondary N) is 1. The van der Waals surface area contributed by atoms with E-state index in [-0.39, 0.29) is 0 Å². The van der Waals surface area contributed by atoms with Gasteiger partial charge in [-0.25, -0.2) is 0 Å². The van der Waals surface area contributed by atoms with Gasteiger partial charge in [-0.15, -0.1) is 0 Å². The lowest BCUT2D eigenvalue weighted by Gasteiger charge is -2.29. The molecule has 1 nitrogen and oxygen atoms in total. The van der Waals surface area contributed by atoms with Crippen LogP contribution in [-0.2, 0) is 0 Å². The van der Waals surface area contributed by atoms with Gasteiger partial charge in [-0.3, -0.25) is 0 Å². The van der Waals surface area contributed by atoms with Crippen LogP contribution in [0.1, 0.15) is 34.1 Å². The van der Waals surface area contributed by atoms with Crippen LogP contribution in [0.2, 0.25) is 0 Å². The van der Waals surface area contributed by atoms with Crippen molar-refractivity contribution in [3.05, 3.63) is 0 Å². The van der Waals surface area contributed by atoms with Gasteiger partial charge in [0, 0.05) is 6.54 Å². The van der Waals surface area contributed by atoms with Crippen LogP contribution in [0.4, 0.5) is 0 Å². The average molecular weight is 203 g/mol. The minimum Gasteiger partial charge on any atom is -0.316 e. The third-order valence-electron chi connectivity index (χ3n) is 2.85. The molecule has 0 unspecified atom stereocenters. The van der Waals surface area contributed by atoms with E-state index in [0.717, 1.165) is 19.0 Å². The van der Waals surface area contributed by atoms with Crippen LogP contribution >= 0.6 is 11.8 Å². The molecule has 0 bridgehead atoms. The Hall–Kier alpha value is 0.310. The van der Waals surface area contributed by atoms with Gasteiger partial charge in [0.15, 0.2) is 0 Å². The van der Waals surface area contributed by atoms with Gasteiger partial charge in [0.25, 0.3) is 0 Å². The van der Waals surface area contributed by atoms with Crippen LogP contribution in [0.5, 0.6) is 0 Å². The van der Waals surface area contributed by atoms with Gasteiger partial charge in [-0.05, 0) is 36.3 Å². The van der Waals surface area contributed by atoms with Crippen molar-refractivity contribution in [1.29, 1.82) is 0 Å². The van der Waals surface area contributed by atoms with Crippen LogP contribution < -0.4 is 5.32 Å². The zero-order chi connectivity index (χ0) is 10.3. The van der Waals surface area contributed by atoms with Crippen LogP contribution in [0.3, 0.4) is 0 Å². The molecule has 0 aliphatic heterocycles. The number of rotatable bonds is 7. The molecular formula is C11H25NS. The summed E-state index contributed by atoms with van der Waals surface area (Å²) in [4.78, 5) is 0. The highest BCUT2D eigenvalue weighted by molar-refractivity contribution is 7.98. The van der Waals surface area contributed by atoms with E-state index in [1.165, 1.54) is 12.2 Å². The summed E-state index contributed by atoms with van der Waals surface area (Å²) in [6, 6.07) is 0. The highest BCUT2D eigenvalue weighted by Crippen LogP contribution is 2.24. The Morgan fingerprint density at radius 2 is 1.92 bits per heavy atom. The fraction of sp³-hybridized carbons (Fsp3) is 1.00. The molecule has 1 N–H and O–H groups in total. The van der Waals surface area contributed by atoms with Crippen LogP contribution in [0.15, 0.2) is 0 Å². The lowest BCUT2D eigenvalue weighted by Crippen LogP contribution is -2.34. The smallest absolute Gasteiger partial charge is 0.000497 e. The van der Waals surface area contributed by atoms with E-state index in [2.05, 4.69) is 39.3 Å². The molecule has 0 saturated heterocycles. The summed E-state index contributed by atoms with van der Waals surface area (Å²) in [5, 5.41) is 3.53. The van der Waals surface area contributed by atoms with Gasteiger partial charge < -0.3 is 5.32 Å². The molecule has 0 aromatic rings. The lowest BCUT2D eigenvalue weighted by atomic mass is 9.81. The van der Waals surface area contributed by atoms with Gasteiger partial charge in [-0.1, -0.05) is 27.7 Å². The van der Waals surface area contributed by atoms with E-state index in [9.17, 15) is 0 Å². The molecule has 0 aromatic carbocycles. The quantitative estimate of drug-likeness (QED) is 0.638. The first-order chi connectivity index (χ1) is 6.00. The standard InChI is InChI=1S/C11H25NS/c1-10(2)11(3,4)9-12-7-6-8-13-5/h10,12H,6-9H2,1-5H3. The predicted octanol–water partition coefficient (Wildman–Crippen LogP) is 3.01. The van der Waals surface area contributed by atoms with E-state index < -0.39 is 0 Å². The van der Waals surface area contributed by atoms with Crippen LogP contribution in [-0.4, -0.2) is 25.1 Å². The van der Waals surface area contributed by atoms with Crippen molar-refractivity contribution in [2.45, 2.75) is 34.1 Å².